The highest BCUT2D eigenvalue weighted by atomic mass is 35.5. The predicted octanol–water partition coefficient (Wildman–Crippen LogP) is 3.49. The lowest BCUT2D eigenvalue weighted by molar-refractivity contribution is -0.128. The molecule has 1 aromatic rings. The van der Waals surface area contributed by atoms with Crippen LogP contribution in [0.1, 0.15) is 55.3 Å². The first kappa shape index (κ1) is 21.4. The maximum absolute atomic E-state index is 12.8. The van der Waals surface area contributed by atoms with Gasteiger partial charge in [-0.1, -0.05) is 30.9 Å². The number of urea groups is 1. The number of benzene rings is 1. The molecule has 2 aliphatic rings. The number of carbonyl (C=O) groups is 3. The second kappa shape index (κ2) is 9.96. The van der Waals surface area contributed by atoms with E-state index in [4.69, 9.17) is 11.6 Å². The molecule has 158 valence electrons. The Morgan fingerprint density at radius 1 is 1.10 bits per heavy atom. The van der Waals surface area contributed by atoms with Gasteiger partial charge >= 0.3 is 6.03 Å². The molecule has 3 rings (SSSR count). The van der Waals surface area contributed by atoms with Gasteiger partial charge in [-0.3, -0.25) is 9.59 Å². The summed E-state index contributed by atoms with van der Waals surface area (Å²) in [5.41, 5.74) is 0.896. The molecule has 4 amide bonds. The van der Waals surface area contributed by atoms with Crippen LogP contribution in [0.15, 0.2) is 18.2 Å². The van der Waals surface area contributed by atoms with Crippen molar-refractivity contribution in [1.82, 2.24) is 15.1 Å². The van der Waals surface area contributed by atoms with Gasteiger partial charge in [-0.25, -0.2) is 4.79 Å². The van der Waals surface area contributed by atoms with Crippen molar-refractivity contribution in [1.29, 1.82) is 0 Å². The Morgan fingerprint density at radius 3 is 2.45 bits per heavy atom. The normalized spacial score (nSPS) is 17.1. The van der Waals surface area contributed by atoms with E-state index in [0.29, 0.717) is 16.3 Å². The van der Waals surface area contributed by atoms with E-state index in [2.05, 4.69) is 10.6 Å². The molecule has 1 saturated heterocycles. The molecule has 0 radical (unpaired) electrons. The molecule has 0 spiro atoms. The van der Waals surface area contributed by atoms with E-state index < -0.39 is 6.03 Å². The fourth-order valence-electron chi connectivity index (χ4n) is 4.00. The summed E-state index contributed by atoms with van der Waals surface area (Å²) < 4.78 is 0. The summed E-state index contributed by atoms with van der Waals surface area (Å²) in [6, 6.07) is 4.62. The van der Waals surface area contributed by atoms with E-state index in [9.17, 15) is 14.4 Å². The van der Waals surface area contributed by atoms with Crippen LogP contribution in [-0.4, -0.2) is 60.4 Å². The van der Waals surface area contributed by atoms with E-state index in [1.165, 1.54) is 6.42 Å². The summed E-state index contributed by atoms with van der Waals surface area (Å²) in [6.07, 6.45) is 7.59. The molecule has 0 unspecified atom stereocenters. The molecular formula is C21H29ClN4O3. The van der Waals surface area contributed by atoms with Gasteiger partial charge in [-0.05, 0) is 43.9 Å². The van der Waals surface area contributed by atoms with Crippen LogP contribution >= 0.6 is 11.6 Å². The smallest absolute Gasteiger partial charge is 0.319 e. The zero-order chi connectivity index (χ0) is 20.8. The van der Waals surface area contributed by atoms with Gasteiger partial charge in [-0.2, -0.15) is 0 Å². The van der Waals surface area contributed by atoms with Crippen molar-refractivity contribution >= 4 is 35.1 Å². The first-order valence-corrected chi connectivity index (χ1v) is 10.7. The van der Waals surface area contributed by atoms with Crippen molar-refractivity contribution in [3.05, 3.63) is 28.8 Å². The Bertz CT molecular complexity index is 758. The molecule has 1 saturated carbocycles. The molecule has 2 N–H and O–H groups in total. The monoisotopic (exact) mass is 420 g/mol. The predicted molar refractivity (Wildman–Crippen MR) is 113 cm³/mol. The minimum absolute atomic E-state index is 0.0394. The fourth-order valence-corrected chi connectivity index (χ4v) is 4.26. The van der Waals surface area contributed by atoms with Crippen LogP contribution in [0.5, 0.6) is 0 Å². The molecular weight excluding hydrogens is 392 g/mol. The summed E-state index contributed by atoms with van der Waals surface area (Å²) in [4.78, 5) is 40.4. The van der Waals surface area contributed by atoms with Gasteiger partial charge in [0.15, 0.2) is 0 Å². The van der Waals surface area contributed by atoms with Crippen LogP contribution < -0.4 is 10.6 Å². The Balaban J connectivity index is 1.53. The number of carbonyl (C=O) groups excluding carboxylic acids is 3. The third-order valence-electron chi connectivity index (χ3n) is 5.76. The summed E-state index contributed by atoms with van der Waals surface area (Å²) in [6.45, 7) is 1.47. The Hall–Kier alpha value is -2.28. The summed E-state index contributed by atoms with van der Waals surface area (Å²) in [5.74, 6) is -0.184. The number of anilines is 1. The molecule has 1 aliphatic carbocycles. The van der Waals surface area contributed by atoms with Crippen LogP contribution in [0.2, 0.25) is 5.02 Å². The average molecular weight is 421 g/mol. The number of rotatable bonds is 5. The van der Waals surface area contributed by atoms with Crippen LogP contribution in [0.3, 0.4) is 0 Å². The molecule has 2 fully saturated rings. The minimum atomic E-state index is -0.480. The SMILES string of the molecule is CN(C(=O)c1ccc(NC(=O)NCC(=O)N2CCCC2)cc1Cl)C1CCCCC1. The molecule has 1 aliphatic heterocycles. The van der Waals surface area contributed by atoms with E-state index in [1.807, 2.05) is 7.05 Å². The van der Waals surface area contributed by atoms with Gasteiger partial charge < -0.3 is 20.4 Å². The summed E-state index contributed by atoms with van der Waals surface area (Å²) >= 11 is 6.32. The standard InChI is InChI=1S/C21H29ClN4O3/c1-25(16-7-3-2-4-8-16)20(28)17-10-9-15(13-18(17)22)24-21(29)23-14-19(27)26-11-5-6-12-26/h9-10,13,16H,2-8,11-12,14H2,1H3,(H2,23,24,29). The Kier molecular flexibility index (Phi) is 7.36. The lowest BCUT2D eigenvalue weighted by atomic mass is 9.94. The van der Waals surface area contributed by atoms with Crippen LogP contribution in [0.25, 0.3) is 0 Å². The molecule has 0 atom stereocenters. The van der Waals surface area contributed by atoms with Crippen molar-refractivity contribution in [3.63, 3.8) is 0 Å². The quantitative estimate of drug-likeness (QED) is 0.764. The second-order valence-corrected chi connectivity index (χ2v) is 8.21. The highest BCUT2D eigenvalue weighted by molar-refractivity contribution is 6.34. The number of amides is 4. The fraction of sp³-hybridized carbons (Fsp3) is 0.571. The van der Waals surface area contributed by atoms with Crippen LogP contribution in [-0.2, 0) is 4.79 Å². The number of hydrogen-bond donors (Lipinski definition) is 2. The number of likely N-dealkylation sites (tertiary alicyclic amines) is 1. The van der Waals surface area contributed by atoms with Crippen LogP contribution in [0, 0.1) is 0 Å². The first-order chi connectivity index (χ1) is 14.0. The lowest BCUT2D eigenvalue weighted by Gasteiger charge is -2.31. The molecule has 29 heavy (non-hydrogen) atoms. The zero-order valence-electron chi connectivity index (χ0n) is 16.9. The maximum atomic E-state index is 12.8. The van der Waals surface area contributed by atoms with Gasteiger partial charge in [0, 0.05) is 31.9 Å². The van der Waals surface area contributed by atoms with E-state index in [1.54, 1.807) is 28.0 Å². The molecule has 0 aromatic heterocycles. The lowest BCUT2D eigenvalue weighted by Crippen LogP contribution is -2.40. The van der Waals surface area contributed by atoms with Crippen molar-refractivity contribution in [3.8, 4) is 0 Å². The van der Waals surface area contributed by atoms with Crippen molar-refractivity contribution in [2.75, 3.05) is 32.0 Å². The number of nitrogens with one attached hydrogen (secondary N) is 2. The number of hydrogen-bond acceptors (Lipinski definition) is 3. The molecule has 1 heterocycles. The average Bonchev–Trinajstić information content (AvgIpc) is 3.27. The molecule has 1 aromatic carbocycles. The molecule has 7 nitrogen and oxygen atoms in total. The Morgan fingerprint density at radius 2 is 1.79 bits per heavy atom. The van der Waals surface area contributed by atoms with Crippen molar-refractivity contribution in [2.45, 2.75) is 51.0 Å². The first-order valence-electron chi connectivity index (χ1n) is 10.3. The maximum Gasteiger partial charge on any atom is 0.319 e. The number of nitrogens with zero attached hydrogens (tertiary/aromatic N) is 2. The van der Waals surface area contributed by atoms with Gasteiger partial charge in [0.1, 0.15) is 0 Å². The number of halogens is 1. The highest BCUT2D eigenvalue weighted by Gasteiger charge is 2.24. The van der Waals surface area contributed by atoms with E-state index >= 15 is 0 Å². The highest BCUT2D eigenvalue weighted by Crippen LogP contribution is 2.26. The third kappa shape index (κ3) is 5.63. The van der Waals surface area contributed by atoms with Crippen molar-refractivity contribution < 1.29 is 14.4 Å². The van der Waals surface area contributed by atoms with Crippen LogP contribution in [0.4, 0.5) is 10.5 Å². The summed E-state index contributed by atoms with van der Waals surface area (Å²) in [7, 11) is 1.83. The van der Waals surface area contributed by atoms with E-state index in [0.717, 1.165) is 51.6 Å². The second-order valence-electron chi connectivity index (χ2n) is 7.80. The van der Waals surface area contributed by atoms with Gasteiger partial charge in [0.05, 0.1) is 17.1 Å². The molecule has 0 bridgehead atoms. The van der Waals surface area contributed by atoms with Crippen molar-refractivity contribution in [2.24, 2.45) is 0 Å². The van der Waals surface area contributed by atoms with Gasteiger partial charge in [-0.15, -0.1) is 0 Å². The topological polar surface area (TPSA) is 81.8 Å². The van der Waals surface area contributed by atoms with Gasteiger partial charge in [0.25, 0.3) is 5.91 Å². The third-order valence-corrected chi connectivity index (χ3v) is 6.07. The zero-order valence-corrected chi connectivity index (χ0v) is 17.6. The van der Waals surface area contributed by atoms with Gasteiger partial charge in [0.2, 0.25) is 5.91 Å². The summed E-state index contributed by atoms with van der Waals surface area (Å²) in [5, 5.41) is 5.52. The molecule has 8 heteroatoms. The largest absolute Gasteiger partial charge is 0.341 e. The Labute approximate surface area is 176 Å². The minimum Gasteiger partial charge on any atom is -0.341 e. The van der Waals surface area contributed by atoms with E-state index in [-0.39, 0.29) is 24.4 Å².